The summed E-state index contributed by atoms with van der Waals surface area (Å²) in [6, 6.07) is 27.4. The molecule has 0 aliphatic carbocycles. The van der Waals surface area contributed by atoms with Gasteiger partial charge in [0.1, 0.15) is 5.75 Å². The van der Waals surface area contributed by atoms with Gasteiger partial charge in [-0.2, -0.15) is 0 Å². The van der Waals surface area contributed by atoms with Crippen molar-refractivity contribution in [1.29, 1.82) is 0 Å². The van der Waals surface area contributed by atoms with Gasteiger partial charge in [-0.3, -0.25) is 4.79 Å². The lowest BCUT2D eigenvalue weighted by atomic mass is 10.2. The third-order valence-corrected chi connectivity index (χ3v) is 4.00. The molecule has 25 heavy (non-hydrogen) atoms. The normalized spacial score (nSPS) is 10.3. The third-order valence-electron chi connectivity index (χ3n) is 4.00. The largest absolute Gasteiger partial charge is 0.483 e. The van der Waals surface area contributed by atoms with Crippen LogP contribution in [0.1, 0.15) is 11.1 Å². The van der Waals surface area contributed by atoms with Crippen LogP contribution in [0.5, 0.6) is 5.75 Å². The predicted molar refractivity (Wildman–Crippen MR) is 101 cm³/mol. The molecule has 0 aliphatic heterocycles. The zero-order valence-corrected chi connectivity index (χ0v) is 14.3. The molecule has 0 aromatic heterocycles. The minimum atomic E-state index is -0.0710. The molecule has 0 N–H and O–H groups in total. The predicted octanol–water partition coefficient (Wildman–Crippen LogP) is 4.61. The average molecular weight is 331 g/mol. The highest BCUT2D eigenvalue weighted by Crippen LogP contribution is 2.19. The van der Waals surface area contributed by atoms with Crippen LogP contribution >= 0.6 is 0 Å². The molecule has 3 nitrogen and oxygen atoms in total. The summed E-state index contributed by atoms with van der Waals surface area (Å²) < 4.78 is 5.75. The minimum absolute atomic E-state index is 0.00653. The number of benzene rings is 3. The number of ether oxygens (including phenoxy) is 1. The summed E-state index contributed by atoms with van der Waals surface area (Å²) in [6.45, 7) is 2.49. The monoisotopic (exact) mass is 331 g/mol. The van der Waals surface area contributed by atoms with Crippen LogP contribution in [0, 0.1) is 6.92 Å². The van der Waals surface area contributed by atoms with Gasteiger partial charge in [-0.1, -0.05) is 66.7 Å². The molecule has 0 radical (unpaired) electrons. The van der Waals surface area contributed by atoms with Gasteiger partial charge in [0.25, 0.3) is 5.91 Å². The lowest BCUT2D eigenvalue weighted by molar-refractivity contribution is -0.120. The molecule has 0 unspecified atom stereocenters. The smallest absolute Gasteiger partial charge is 0.265 e. The molecular weight excluding hydrogens is 310 g/mol. The fourth-order valence-corrected chi connectivity index (χ4v) is 2.63. The Bertz CT molecular complexity index is 816. The summed E-state index contributed by atoms with van der Waals surface area (Å²) in [7, 11) is 0. The fraction of sp³-hybridized carbons (Fsp3) is 0.136. The van der Waals surface area contributed by atoms with Crippen molar-refractivity contribution in [2.24, 2.45) is 0 Å². The van der Waals surface area contributed by atoms with E-state index in [9.17, 15) is 4.79 Å². The highest BCUT2D eigenvalue weighted by Gasteiger charge is 2.17. The molecule has 126 valence electrons. The molecule has 0 saturated carbocycles. The molecule has 0 spiro atoms. The Labute approximate surface area is 148 Å². The number of amides is 1. The molecule has 0 heterocycles. The van der Waals surface area contributed by atoms with Crippen LogP contribution in [0.15, 0.2) is 84.9 Å². The van der Waals surface area contributed by atoms with E-state index in [1.807, 2.05) is 91.9 Å². The molecule has 3 rings (SSSR count). The van der Waals surface area contributed by atoms with E-state index in [-0.39, 0.29) is 12.5 Å². The molecule has 0 fully saturated rings. The number of para-hydroxylation sites is 2. The van der Waals surface area contributed by atoms with E-state index in [2.05, 4.69) is 0 Å². The number of hydrogen-bond donors (Lipinski definition) is 0. The molecular formula is C22H21NO2. The summed E-state index contributed by atoms with van der Waals surface area (Å²) in [5.74, 6) is 0.668. The number of carbonyl (C=O) groups excluding carboxylic acids is 1. The average Bonchev–Trinajstić information content (AvgIpc) is 2.67. The maximum absolute atomic E-state index is 12.8. The van der Waals surface area contributed by atoms with Gasteiger partial charge in [-0.05, 0) is 36.2 Å². The molecule has 3 aromatic carbocycles. The number of carbonyl (C=O) groups is 1. The number of nitrogens with zero attached hydrogens (tertiary/aromatic N) is 1. The number of hydrogen-bond acceptors (Lipinski definition) is 2. The molecule has 0 atom stereocenters. The first kappa shape index (κ1) is 16.8. The number of anilines is 1. The topological polar surface area (TPSA) is 29.5 Å². The van der Waals surface area contributed by atoms with E-state index in [0.717, 1.165) is 22.6 Å². The van der Waals surface area contributed by atoms with Gasteiger partial charge in [0.15, 0.2) is 6.61 Å². The Hall–Kier alpha value is -3.07. The van der Waals surface area contributed by atoms with Gasteiger partial charge in [0.05, 0.1) is 6.54 Å². The first-order valence-corrected chi connectivity index (χ1v) is 8.32. The van der Waals surface area contributed by atoms with Crippen LogP contribution in [0.4, 0.5) is 5.69 Å². The van der Waals surface area contributed by atoms with Crippen LogP contribution in [0.3, 0.4) is 0 Å². The van der Waals surface area contributed by atoms with Crippen molar-refractivity contribution in [3.8, 4) is 5.75 Å². The highest BCUT2D eigenvalue weighted by atomic mass is 16.5. The zero-order chi connectivity index (χ0) is 17.5. The van der Waals surface area contributed by atoms with Crippen LogP contribution in [0.25, 0.3) is 0 Å². The van der Waals surface area contributed by atoms with E-state index >= 15 is 0 Å². The SMILES string of the molecule is Cc1ccccc1OCC(=O)N(Cc1ccccc1)c1ccccc1. The summed E-state index contributed by atoms with van der Waals surface area (Å²) >= 11 is 0. The summed E-state index contributed by atoms with van der Waals surface area (Å²) in [4.78, 5) is 14.6. The fourth-order valence-electron chi connectivity index (χ4n) is 2.63. The Kier molecular flexibility index (Phi) is 5.47. The molecule has 1 amide bonds. The van der Waals surface area contributed by atoms with E-state index in [4.69, 9.17) is 4.74 Å². The third kappa shape index (κ3) is 4.48. The number of rotatable bonds is 6. The second-order valence-electron chi connectivity index (χ2n) is 5.86. The highest BCUT2D eigenvalue weighted by molar-refractivity contribution is 5.94. The molecule has 0 saturated heterocycles. The Morgan fingerprint density at radius 3 is 2.12 bits per heavy atom. The van der Waals surface area contributed by atoms with Gasteiger partial charge in [0.2, 0.25) is 0 Å². The van der Waals surface area contributed by atoms with Gasteiger partial charge in [-0.15, -0.1) is 0 Å². The first-order valence-electron chi connectivity index (χ1n) is 8.32. The van der Waals surface area contributed by atoms with Crippen LogP contribution < -0.4 is 9.64 Å². The molecule has 3 heteroatoms. The van der Waals surface area contributed by atoms with Crippen molar-refractivity contribution in [1.82, 2.24) is 0 Å². The second kappa shape index (κ2) is 8.15. The van der Waals surface area contributed by atoms with Crippen molar-refractivity contribution < 1.29 is 9.53 Å². The minimum Gasteiger partial charge on any atom is -0.483 e. The standard InChI is InChI=1S/C22H21NO2/c1-18-10-8-9-15-21(18)25-17-22(24)23(20-13-6-3-7-14-20)16-19-11-4-2-5-12-19/h2-15H,16-17H2,1H3. The maximum Gasteiger partial charge on any atom is 0.265 e. The van der Waals surface area contributed by atoms with E-state index < -0.39 is 0 Å². The molecule has 0 bridgehead atoms. The zero-order valence-electron chi connectivity index (χ0n) is 14.3. The van der Waals surface area contributed by atoms with Crippen molar-refractivity contribution in [2.45, 2.75) is 13.5 Å². The summed E-state index contributed by atoms with van der Waals surface area (Å²) in [5.41, 5.74) is 2.96. The quantitative estimate of drug-likeness (QED) is 0.660. The number of aryl methyl sites for hydroxylation is 1. The maximum atomic E-state index is 12.8. The van der Waals surface area contributed by atoms with Gasteiger partial charge >= 0.3 is 0 Å². The summed E-state index contributed by atoms with van der Waals surface area (Å²) in [6.07, 6.45) is 0. The second-order valence-corrected chi connectivity index (χ2v) is 5.86. The van der Waals surface area contributed by atoms with E-state index in [1.54, 1.807) is 4.90 Å². The van der Waals surface area contributed by atoms with Crippen LogP contribution in [-0.2, 0) is 11.3 Å². The van der Waals surface area contributed by atoms with Crippen molar-refractivity contribution in [2.75, 3.05) is 11.5 Å². The summed E-state index contributed by atoms with van der Waals surface area (Å²) in [5, 5.41) is 0. The van der Waals surface area contributed by atoms with Crippen molar-refractivity contribution in [3.05, 3.63) is 96.1 Å². The van der Waals surface area contributed by atoms with E-state index in [1.165, 1.54) is 0 Å². The van der Waals surface area contributed by atoms with Crippen LogP contribution in [-0.4, -0.2) is 12.5 Å². The Morgan fingerprint density at radius 1 is 0.840 bits per heavy atom. The molecule has 3 aromatic rings. The van der Waals surface area contributed by atoms with E-state index in [0.29, 0.717) is 6.54 Å². The van der Waals surface area contributed by atoms with Crippen molar-refractivity contribution >= 4 is 11.6 Å². The van der Waals surface area contributed by atoms with Gasteiger partial charge in [-0.25, -0.2) is 0 Å². The Morgan fingerprint density at radius 2 is 1.44 bits per heavy atom. The molecule has 0 aliphatic rings. The van der Waals surface area contributed by atoms with Gasteiger partial charge < -0.3 is 9.64 Å². The van der Waals surface area contributed by atoms with Crippen molar-refractivity contribution in [3.63, 3.8) is 0 Å². The van der Waals surface area contributed by atoms with Crippen LogP contribution in [0.2, 0.25) is 0 Å². The lowest BCUT2D eigenvalue weighted by Gasteiger charge is -2.23. The lowest BCUT2D eigenvalue weighted by Crippen LogP contribution is -2.34. The first-order chi connectivity index (χ1) is 12.2. The Balaban J connectivity index is 1.76. The van der Waals surface area contributed by atoms with Gasteiger partial charge in [0, 0.05) is 5.69 Å².